The Kier molecular flexibility index (Phi) is 5.61. The molecule has 4 aromatic rings. The number of carbonyl (C=O) groups is 1. The van der Waals surface area contributed by atoms with Crippen molar-refractivity contribution >= 4 is 34.8 Å². The van der Waals surface area contributed by atoms with Gasteiger partial charge in [-0.15, -0.1) is 0 Å². The van der Waals surface area contributed by atoms with Crippen molar-refractivity contribution in [2.75, 3.05) is 23.8 Å². The van der Waals surface area contributed by atoms with Gasteiger partial charge in [0.25, 0.3) is 0 Å². The van der Waals surface area contributed by atoms with Crippen LogP contribution in [0.25, 0.3) is 5.65 Å². The highest BCUT2D eigenvalue weighted by atomic mass is 35.5. The second-order valence-corrected chi connectivity index (χ2v) is 11.0. The van der Waals surface area contributed by atoms with Gasteiger partial charge >= 0.3 is 0 Å². The zero-order chi connectivity index (χ0) is 25.9. The molecule has 1 amide bonds. The number of rotatable bonds is 8. The maximum Gasteiger partial charge on any atom is 0.229 e. The van der Waals surface area contributed by atoms with Crippen molar-refractivity contribution in [3.05, 3.63) is 82.5 Å². The molecule has 3 aliphatic rings. The summed E-state index contributed by atoms with van der Waals surface area (Å²) in [6, 6.07) is 11.5. The highest BCUT2D eigenvalue weighted by molar-refractivity contribution is 6.30. The minimum atomic E-state index is -0.991. The number of anilines is 2. The van der Waals surface area contributed by atoms with Crippen LogP contribution in [-0.4, -0.2) is 43.6 Å². The SMILES string of the molecule is O=C(Nc1cc(NCc2cn3cc(C4CC4)cc(C4(O)COC4)c3n2)ncn1)C1CC1c1cccc(Cl)c1. The van der Waals surface area contributed by atoms with Crippen LogP contribution in [0.3, 0.4) is 0 Å². The lowest BCUT2D eigenvalue weighted by Crippen LogP contribution is -2.46. The molecule has 3 fully saturated rings. The Morgan fingerprint density at radius 1 is 1.13 bits per heavy atom. The van der Waals surface area contributed by atoms with Gasteiger partial charge < -0.3 is 24.9 Å². The molecule has 1 aromatic carbocycles. The van der Waals surface area contributed by atoms with Crippen molar-refractivity contribution in [3.63, 3.8) is 0 Å². The number of carbonyl (C=O) groups excluding carboxylic acids is 1. The van der Waals surface area contributed by atoms with Crippen LogP contribution >= 0.6 is 11.6 Å². The van der Waals surface area contributed by atoms with Gasteiger partial charge in [-0.25, -0.2) is 15.0 Å². The summed E-state index contributed by atoms with van der Waals surface area (Å²) in [6.07, 6.45) is 8.67. The molecular formula is C28H27ClN6O3. The monoisotopic (exact) mass is 530 g/mol. The smallest absolute Gasteiger partial charge is 0.229 e. The maximum absolute atomic E-state index is 12.8. The summed E-state index contributed by atoms with van der Waals surface area (Å²) in [5, 5.41) is 17.9. The van der Waals surface area contributed by atoms with Crippen LogP contribution in [0.1, 0.15) is 53.5 Å². The van der Waals surface area contributed by atoms with Gasteiger partial charge in [-0.1, -0.05) is 23.7 Å². The van der Waals surface area contributed by atoms with E-state index in [0.29, 0.717) is 29.1 Å². The van der Waals surface area contributed by atoms with E-state index >= 15 is 0 Å². The predicted molar refractivity (Wildman–Crippen MR) is 142 cm³/mol. The summed E-state index contributed by atoms with van der Waals surface area (Å²) >= 11 is 6.10. The third-order valence-electron chi connectivity index (χ3n) is 7.63. The van der Waals surface area contributed by atoms with Gasteiger partial charge in [-0.2, -0.15) is 0 Å². The van der Waals surface area contributed by atoms with Crippen molar-refractivity contribution in [1.29, 1.82) is 0 Å². The topological polar surface area (TPSA) is 114 Å². The van der Waals surface area contributed by atoms with Crippen LogP contribution in [-0.2, 0) is 21.7 Å². The summed E-state index contributed by atoms with van der Waals surface area (Å²) in [4.78, 5) is 26.1. The average molecular weight is 531 g/mol. The zero-order valence-electron chi connectivity index (χ0n) is 20.6. The fourth-order valence-electron chi connectivity index (χ4n) is 5.20. The molecule has 4 heterocycles. The predicted octanol–water partition coefficient (Wildman–Crippen LogP) is 4.23. The number of hydrogen-bond donors (Lipinski definition) is 3. The van der Waals surface area contributed by atoms with E-state index in [4.69, 9.17) is 21.3 Å². The molecule has 0 radical (unpaired) electrons. The fourth-order valence-corrected chi connectivity index (χ4v) is 5.40. The quantitative estimate of drug-likeness (QED) is 0.312. The Balaban J connectivity index is 1.03. The first-order valence-electron chi connectivity index (χ1n) is 12.9. The molecule has 9 nitrogen and oxygen atoms in total. The molecule has 3 aromatic heterocycles. The van der Waals surface area contributed by atoms with E-state index in [1.807, 2.05) is 34.9 Å². The van der Waals surface area contributed by atoms with Crippen LogP contribution in [0.2, 0.25) is 5.02 Å². The highest BCUT2D eigenvalue weighted by Crippen LogP contribution is 2.48. The Morgan fingerprint density at radius 3 is 2.74 bits per heavy atom. The van der Waals surface area contributed by atoms with Crippen LogP contribution in [0, 0.1) is 5.92 Å². The molecule has 0 spiro atoms. The molecular weight excluding hydrogens is 504 g/mol. The fraction of sp³-hybridized carbons (Fsp3) is 0.357. The summed E-state index contributed by atoms with van der Waals surface area (Å²) in [5.74, 6) is 1.61. The van der Waals surface area contributed by atoms with Crippen molar-refractivity contribution in [2.45, 2.75) is 43.2 Å². The van der Waals surface area contributed by atoms with Gasteiger partial charge in [0, 0.05) is 35.0 Å². The standard InChI is InChI=1S/C28H27ClN6O3/c29-19-3-1-2-17(6-19)21-8-22(21)27(36)34-25-9-24(31-15-32-25)30-10-20-12-35-11-18(16-4-5-16)7-23(26(35)33-20)28(37)13-38-14-28/h1-3,6-7,9,11-12,15-16,21-22,37H,4-5,8,10,13-14H2,(H2,30,31,32,34,36). The molecule has 10 heteroatoms. The molecule has 2 saturated carbocycles. The molecule has 1 saturated heterocycles. The van der Waals surface area contributed by atoms with E-state index in [2.05, 4.69) is 32.9 Å². The number of nitrogens with zero attached hydrogens (tertiary/aromatic N) is 4. The number of aromatic nitrogens is 4. The lowest BCUT2D eigenvalue weighted by atomic mass is 9.91. The number of pyridine rings is 1. The third-order valence-corrected chi connectivity index (χ3v) is 7.86. The van der Waals surface area contributed by atoms with Gasteiger partial charge in [0.05, 0.1) is 25.5 Å². The number of benzene rings is 1. The molecule has 7 rings (SSSR count). The lowest BCUT2D eigenvalue weighted by Gasteiger charge is -2.37. The number of halogens is 1. The number of imidazole rings is 1. The first-order valence-corrected chi connectivity index (χ1v) is 13.3. The minimum absolute atomic E-state index is 0.0584. The van der Waals surface area contributed by atoms with Crippen LogP contribution in [0.4, 0.5) is 11.6 Å². The number of aliphatic hydroxyl groups is 1. The number of hydrogen-bond acceptors (Lipinski definition) is 7. The molecule has 2 atom stereocenters. The second kappa shape index (κ2) is 9.04. The molecule has 0 bridgehead atoms. The van der Waals surface area contributed by atoms with Gasteiger partial charge in [0.15, 0.2) is 0 Å². The van der Waals surface area contributed by atoms with E-state index in [9.17, 15) is 9.90 Å². The van der Waals surface area contributed by atoms with Gasteiger partial charge in [0.1, 0.15) is 29.2 Å². The average Bonchev–Trinajstić information content (AvgIpc) is 3.82. The number of amides is 1. The van der Waals surface area contributed by atoms with Crippen LogP contribution < -0.4 is 10.6 Å². The molecule has 2 unspecified atom stereocenters. The molecule has 1 aliphatic heterocycles. The molecule has 2 aliphatic carbocycles. The van der Waals surface area contributed by atoms with Crippen molar-refractivity contribution in [2.24, 2.45) is 5.92 Å². The van der Waals surface area contributed by atoms with Gasteiger partial charge in [0.2, 0.25) is 5.91 Å². The van der Waals surface area contributed by atoms with Gasteiger partial charge in [-0.3, -0.25) is 4.79 Å². The van der Waals surface area contributed by atoms with Crippen molar-refractivity contribution in [1.82, 2.24) is 19.4 Å². The zero-order valence-corrected chi connectivity index (χ0v) is 21.4. The summed E-state index contributed by atoms with van der Waals surface area (Å²) in [7, 11) is 0. The highest BCUT2D eigenvalue weighted by Gasteiger charge is 2.44. The Morgan fingerprint density at radius 2 is 1.97 bits per heavy atom. The second-order valence-electron chi connectivity index (χ2n) is 10.6. The first kappa shape index (κ1) is 23.6. The molecule has 38 heavy (non-hydrogen) atoms. The summed E-state index contributed by atoms with van der Waals surface area (Å²) in [5.41, 5.74) is 3.70. The Labute approximate surface area is 224 Å². The van der Waals surface area contributed by atoms with Crippen molar-refractivity contribution < 1.29 is 14.6 Å². The normalized spacial score (nSPS) is 21.6. The van der Waals surface area contributed by atoms with E-state index in [-0.39, 0.29) is 31.0 Å². The molecule has 194 valence electrons. The summed E-state index contributed by atoms with van der Waals surface area (Å²) < 4.78 is 7.32. The van der Waals surface area contributed by atoms with Crippen LogP contribution in [0.5, 0.6) is 0 Å². The molecule has 3 N–H and O–H groups in total. The third kappa shape index (κ3) is 4.51. The first-order chi connectivity index (χ1) is 18.4. The Bertz CT molecular complexity index is 1550. The van der Waals surface area contributed by atoms with E-state index in [0.717, 1.165) is 28.9 Å². The maximum atomic E-state index is 12.8. The van der Waals surface area contributed by atoms with E-state index in [1.165, 1.54) is 24.7 Å². The minimum Gasteiger partial charge on any atom is -0.380 e. The lowest BCUT2D eigenvalue weighted by molar-refractivity contribution is -0.184. The Hall–Kier alpha value is -3.53. The number of nitrogens with one attached hydrogen (secondary N) is 2. The number of ether oxygens (including phenoxy) is 1. The summed E-state index contributed by atoms with van der Waals surface area (Å²) in [6.45, 7) is 0.999. The van der Waals surface area contributed by atoms with E-state index < -0.39 is 5.60 Å². The van der Waals surface area contributed by atoms with E-state index in [1.54, 1.807) is 6.07 Å². The largest absolute Gasteiger partial charge is 0.380 e. The number of fused-ring (bicyclic) bond motifs is 1. The van der Waals surface area contributed by atoms with Gasteiger partial charge in [-0.05, 0) is 60.4 Å². The van der Waals surface area contributed by atoms with Crippen molar-refractivity contribution in [3.8, 4) is 0 Å². The van der Waals surface area contributed by atoms with Crippen LogP contribution in [0.15, 0.2) is 55.1 Å².